The van der Waals surface area contributed by atoms with Crippen molar-refractivity contribution in [3.8, 4) is 0 Å². The Bertz CT molecular complexity index is 241. The van der Waals surface area contributed by atoms with Crippen LogP contribution >= 0.6 is 0 Å². The molecule has 1 aliphatic rings. The van der Waals surface area contributed by atoms with E-state index in [9.17, 15) is 9.59 Å². The van der Waals surface area contributed by atoms with Crippen LogP contribution in [-0.4, -0.2) is 22.2 Å². The molecule has 0 saturated heterocycles. The molecule has 0 bridgehead atoms. The molecule has 0 aromatic heterocycles. The van der Waals surface area contributed by atoms with Gasteiger partial charge in [-0.2, -0.15) is 0 Å². The predicted octanol–water partition coefficient (Wildman–Crippen LogP) is 1.35. The Morgan fingerprint density at radius 3 is 2.21 bits per heavy atom. The molecule has 2 atom stereocenters. The van der Waals surface area contributed by atoms with E-state index in [0.717, 1.165) is 12.8 Å². The smallest absolute Gasteiger partial charge is 0.310 e. The molecule has 1 aliphatic carbocycles. The summed E-state index contributed by atoms with van der Waals surface area (Å²) in [7, 11) is 0. The Morgan fingerprint density at radius 2 is 1.86 bits per heavy atom. The van der Waals surface area contributed by atoms with Crippen molar-refractivity contribution in [1.29, 1.82) is 0 Å². The van der Waals surface area contributed by atoms with Gasteiger partial charge in [0.15, 0.2) is 0 Å². The van der Waals surface area contributed by atoms with E-state index in [1.165, 1.54) is 6.92 Å². The van der Waals surface area contributed by atoms with Gasteiger partial charge in [-0.3, -0.25) is 9.59 Å². The molecule has 2 unspecified atom stereocenters. The van der Waals surface area contributed by atoms with E-state index >= 15 is 0 Å². The van der Waals surface area contributed by atoms with Crippen molar-refractivity contribution in [3.05, 3.63) is 0 Å². The summed E-state index contributed by atoms with van der Waals surface area (Å²) < 4.78 is 0. The van der Waals surface area contributed by atoms with Crippen LogP contribution < -0.4 is 0 Å². The van der Waals surface area contributed by atoms with E-state index in [0.29, 0.717) is 12.8 Å². The van der Waals surface area contributed by atoms with Gasteiger partial charge >= 0.3 is 11.9 Å². The van der Waals surface area contributed by atoms with Crippen molar-refractivity contribution in [2.45, 2.75) is 32.6 Å². The molecule has 2 N–H and O–H groups in total. The molecule has 0 spiro atoms. The first-order valence-corrected chi connectivity index (χ1v) is 4.44. The van der Waals surface area contributed by atoms with E-state index in [1.54, 1.807) is 0 Å². The van der Waals surface area contributed by atoms with Gasteiger partial charge in [0, 0.05) is 19.5 Å². The third kappa shape index (κ3) is 2.32. The van der Waals surface area contributed by atoms with E-state index < -0.39 is 23.3 Å². The fourth-order valence-electron chi connectivity index (χ4n) is 1.99. The molecule has 0 heterocycles. The van der Waals surface area contributed by atoms with E-state index in [-0.39, 0.29) is 19.5 Å². The van der Waals surface area contributed by atoms with Crippen LogP contribution in [0.2, 0.25) is 0 Å². The van der Waals surface area contributed by atoms with Crippen LogP contribution in [0, 0.1) is 11.3 Å². The quantitative estimate of drug-likeness (QED) is 0.727. The summed E-state index contributed by atoms with van der Waals surface area (Å²) in [6.07, 6.45) is 2.59. The standard InChI is InChI=1S/C9H14O4.Zn/c1-9(8(12)13)5-3-2-4-6(9)7(10)11;/h6H,2-5H2,1H3,(H,10,11)(H,12,13);. The fraction of sp³-hybridized carbons (Fsp3) is 0.778. The van der Waals surface area contributed by atoms with Gasteiger partial charge in [-0.15, -0.1) is 0 Å². The van der Waals surface area contributed by atoms with E-state index in [1.807, 2.05) is 0 Å². The summed E-state index contributed by atoms with van der Waals surface area (Å²) in [4.78, 5) is 21.7. The molecular formula is C9H14O4Zn. The van der Waals surface area contributed by atoms with Gasteiger partial charge in [-0.25, -0.2) is 0 Å². The Hall–Kier alpha value is -0.437. The van der Waals surface area contributed by atoms with Crippen molar-refractivity contribution < 1.29 is 39.3 Å². The summed E-state index contributed by atoms with van der Waals surface area (Å²) >= 11 is 0. The summed E-state index contributed by atoms with van der Waals surface area (Å²) in [6, 6.07) is 0. The number of rotatable bonds is 2. The maximum Gasteiger partial charge on any atom is 0.310 e. The van der Waals surface area contributed by atoms with Crippen molar-refractivity contribution in [2.24, 2.45) is 11.3 Å². The molecule has 0 aromatic carbocycles. The molecule has 1 rings (SSSR count). The largest absolute Gasteiger partial charge is 0.481 e. The Balaban J connectivity index is 0.00000169. The predicted molar refractivity (Wildman–Crippen MR) is 45.3 cm³/mol. The second kappa shape index (κ2) is 4.87. The molecule has 0 aromatic rings. The Morgan fingerprint density at radius 1 is 1.29 bits per heavy atom. The van der Waals surface area contributed by atoms with Crippen LogP contribution in [0.5, 0.6) is 0 Å². The van der Waals surface area contributed by atoms with Gasteiger partial charge in [-0.05, 0) is 19.8 Å². The maximum absolute atomic E-state index is 10.9. The van der Waals surface area contributed by atoms with Crippen molar-refractivity contribution in [1.82, 2.24) is 0 Å². The normalized spacial score (nSPS) is 31.6. The molecule has 76 valence electrons. The summed E-state index contributed by atoms with van der Waals surface area (Å²) in [5, 5.41) is 17.8. The maximum atomic E-state index is 10.9. The van der Waals surface area contributed by atoms with E-state index in [4.69, 9.17) is 10.2 Å². The molecule has 4 nitrogen and oxygen atoms in total. The van der Waals surface area contributed by atoms with Crippen molar-refractivity contribution in [3.63, 3.8) is 0 Å². The summed E-state index contributed by atoms with van der Waals surface area (Å²) in [5.74, 6) is -2.69. The average molecular weight is 252 g/mol. The minimum Gasteiger partial charge on any atom is -0.481 e. The number of hydrogen-bond donors (Lipinski definition) is 2. The van der Waals surface area contributed by atoms with Gasteiger partial charge in [0.25, 0.3) is 0 Å². The van der Waals surface area contributed by atoms with Gasteiger partial charge < -0.3 is 10.2 Å². The van der Waals surface area contributed by atoms with Gasteiger partial charge in [0.1, 0.15) is 0 Å². The molecule has 0 amide bonds. The SMILES string of the molecule is CC1(C(=O)O)CCCCC1C(=O)O.[Zn]. The van der Waals surface area contributed by atoms with Crippen LogP contribution in [0.3, 0.4) is 0 Å². The zero-order valence-corrected chi connectivity index (χ0v) is 11.3. The van der Waals surface area contributed by atoms with E-state index in [2.05, 4.69) is 0 Å². The molecule has 14 heavy (non-hydrogen) atoms. The third-order valence-electron chi connectivity index (χ3n) is 2.99. The first kappa shape index (κ1) is 13.6. The topological polar surface area (TPSA) is 74.6 Å². The molecule has 5 heteroatoms. The molecular weight excluding hydrogens is 237 g/mol. The molecule has 1 fully saturated rings. The number of hydrogen-bond acceptors (Lipinski definition) is 2. The molecule has 0 aliphatic heterocycles. The average Bonchev–Trinajstić information content (AvgIpc) is 2.04. The second-order valence-corrected chi connectivity index (χ2v) is 3.86. The third-order valence-corrected chi connectivity index (χ3v) is 2.99. The number of aliphatic carboxylic acids is 2. The zero-order chi connectivity index (χ0) is 10.1. The molecule has 0 radical (unpaired) electrons. The van der Waals surface area contributed by atoms with Crippen LogP contribution in [-0.2, 0) is 29.1 Å². The van der Waals surface area contributed by atoms with Gasteiger partial charge in [-0.1, -0.05) is 12.8 Å². The summed E-state index contributed by atoms with van der Waals surface area (Å²) in [6.45, 7) is 1.54. The van der Waals surface area contributed by atoms with Crippen LogP contribution in [0.4, 0.5) is 0 Å². The fourth-order valence-corrected chi connectivity index (χ4v) is 1.99. The number of carboxylic acids is 2. The zero-order valence-electron chi connectivity index (χ0n) is 8.32. The van der Waals surface area contributed by atoms with Crippen LogP contribution in [0.25, 0.3) is 0 Å². The molecule has 1 saturated carbocycles. The van der Waals surface area contributed by atoms with Crippen LogP contribution in [0.1, 0.15) is 32.6 Å². The summed E-state index contributed by atoms with van der Waals surface area (Å²) in [5.41, 5.74) is -1.07. The first-order valence-electron chi connectivity index (χ1n) is 4.44. The minimum atomic E-state index is -1.07. The van der Waals surface area contributed by atoms with Crippen LogP contribution in [0.15, 0.2) is 0 Å². The van der Waals surface area contributed by atoms with Gasteiger partial charge in [0.2, 0.25) is 0 Å². The number of carboxylic acid groups (broad SMARTS) is 2. The Labute approximate surface area is 95.4 Å². The van der Waals surface area contributed by atoms with Crippen molar-refractivity contribution in [2.75, 3.05) is 0 Å². The number of carbonyl (C=O) groups is 2. The van der Waals surface area contributed by atoms with Gasteiger partial charge in [0.05, 0.1) is 11.3 Å². The minimum absolute atomic E-state index is 0. The Kier molecular flexibility index (Phi) is 4.72. The monoisotopic (exact) mass is 250 g/mol. The first-order chi connectivity index (χ1) is 5.98. The van der Waals surface area contributed by atoms with Crippen molar-refractivity contribution >= 4 is 11.9 Å². The second-order valence-electron chi connectivity index (χ2n) is 3.86.